The number of carbonyl (C=O) groups is 1. The molecule has 104 valence electrons. The van der Waals surface area contributed by atoms with Crippen LogP contribution in [0.4, 0.5) is 4.39 Å². The summed E-state index contributed by atoms with van der Waals surface area (Å²) in [4.78, 5) is 11.5. The van der Waals surface area contributed by atoms with Crippen LogP contribution in [0.1, 0.15) is 29.3 Å². The van der Waals surface area contributed by atoms with Gasteiger partial charge in [0.15, 0.2) is 5.78 Å². The summed E-state index contributed by atoms with van der Waals surface area (Å²) in [5.74, 6) is 0.236. The molecule has 2 aromatic carbocycles. The zero-order valence-corrected chi connectivity index (χ0v) is 11.8. The summed E-state index contributed by atoms with van der Waals surface area (Å²) in [6.07, 6.45) is 0.471. The molecule has 0 fully saturated rings. The summed E-state index contributed by atoms with van der Waals surface area (Å²) in [6, 6.07) is 11.5. The second-order valence-electron chi connectivity index (χ2n) is 4.30. The van der Waals surface area contributed by atoms with Gasteiger partial charge in [0.05, 0.1) is 5.02 Å². The van der Waals surface area contributed by atoms with Gasteiger partial charge in [0, 0.05) is 17.5 Å². The molecule has 0 N–H and O–H groups in total. The van der Waals surface area contributed by atoms with E-state index in [0.29, 0.717) is 23.3 Å². The van der Waals surface area contributed by atoms with Crippen LogP contribution in [0.3, 0.4) is 0 Å². The number of rotatable bonds is 5. The zero-order chi connectivity index (χ0) is 14.5. The third-order valence-corrected chi connectivity index (χ3v) is 3.35. The Hall–Kier alpha value is -1.87. The number of ether oxygens (including phenoxy) is 1. The first kappa shape index (κ1) is 14.5. The Kier molecular flexibility index (Phi) is 4.74. The van der Waals surface area contributed by atoms with E-state index >= 15 is 0 Å². The van der Waals surface area contributed by atoms with E-state index in [9.17, 15) is 9.18 Å². The fourth-order valence-corrected chi connectivity index (χ4v) is 1.94. The van der Waals surface area contributed by atoms with Crippen LogP contribution in [0.5, 0.6) is 5.75 Å². The van der Waals surface area contributed by atoms with Gasteiger partial charge in [0.25, 0.3) is 0 Å². The van der Waals surface area contributed by atoms with Crippen LogP contribution < -0.4 is 4.74 Å². The third kappa shape index (κ3) is 3.36. The maximum Gasteiger partial charge on any atom is 0.162 e. The first-order chi connectivity index (χ1) is 9.61. The van der Waals surface area contributed by atoms with Crippen molar-refractivity contribution in [3.8, 4) is 5.75 Å². The van der Waals surface area contributed by atoms with E-state index in [1.165, 1.54) is 6.07 Å². The molecule has 2 nitrogen and oxygen atoms in total. The molecule has 2 rings (SSSR count). The Labute approximate surface area is 122 Å². The summed E-state index contributed by atoms with van der Waals surface area (Å²) >= 11 is 5.85. The lowest BCUT2D eigenvalue weighted by atomic mass is 10.1. The SMILES string of the molecule is CCC(=O)c1ccc(OCc2cccc(F)c2Cl)cc1. The van der Waals surface area contributed by atoms with Crippen molar-refractivity contribution >= 4 is 17.4 Å². The highest BCUT2D eigenvalue weighted by Gasteiger charge is 2.07. The molecule has 0 unspecified atom stereocenters. The topological polar surface area (TPSA) is 26.3 Å². The van der Waals surface area contributed by atoms with Crippen molar-refractivity contribution < 1.29 is 13.9 Å². The molecular formula is C16H14ClFO2. The highest BCUT2D eigenvalue weighted by Crippen LogP contribution is 2.22. The molecule has 0 aliphatic heterocycles. The molecule has 20 heavy (non-hydrogen) atoms. The van der Waals surface area contributed by atoms with E-state index in [0.717, 1.165) is 0 Å². The van der Waals surface area contributed by atoms with Gasteiger partial charge in [-0.3, -0.25) is 4.79 Å². The van der Waals surface area contributed by atoms with Gasteiger partial charge >= 0.3 is 0 Å². The lowest BCUT2D eigenvalue weighted by molar-refractivity contribution is 0.0988. The lowest BCUT2D eigenvalue weighted by Gasteiger charge is -2.08. The van der Waals surface area contributed by atoms with Gasteiger partial charge in [-0.05, 0) is 30.3 Å². The normalized spacial score (nSPS) is 10.3. The Morgan fingerprint density at radius 2 is 1.90 bits per heavy atom. The number of hydrogen-bond donors (Lipinski definition) is 0. The molecule has 0 aliphatic rings. The van der Waals surface area contributed by atoms with Crippen molar-refractivity contribution in [3.05, 3.63) is 64.4 Å². The quantitative estimate of drug-likeness (QED) is 0.750. The van der Waals surface area contributed by atoms with Crippen LogP contribution in [-0.4, -0.2) is 5.78 Å². The number of benzene rings is 2. The van der Waals surface area contributed by atoms with Crippen molar-refractivity contribution in [1.29, 1.82) is 0 Å². The zero-order valence-electron chi connectivity index (χ0n) is 11.0. The maximum absolute atomic E-state index is 13.3. The van der Waals surface area contributed by atoms with Crippen molar-refractivity contribution in [1.82, 2.24) is 0 Å². The van der Waals surface area contributed by atoms with E-state index in [2.05, 4.69) is 0 Å². The number of Topliss-reactive ketones (excluding diaryl/α,β-unsaturated/α-hetero) is 1. The molecule has 0 saturated carbocycles. The Morgan fingerprint density at radius 1 is 1.20 bits per heavy atom. The third-order valence-electron chi connectivity index (χ3n) is 2.92. The second kappa shape index (κ2) is 6.53. The van der Waals surface area contributed by atoms with E-state index in [1.54, 1.807) is 36.4 Å². The average Bonchev–Trinajstić information content (AvgIpc) is 2.48. The first-order valence-corrected chi connectivity index (χ1v) is 6.68. The molecule has 0 aromatic heterocycles. The van der Waals surface area contributed by atoms with Gasteiger partial charge in [-0.1, -0.05) is 30.7 Å². The molecule has 0 aliphatic carbocycles. The summed E-state index contributed by atoms with van der Waals surface area (Å²) < 4.78 is 18.8. The highest BCUT2D eigenvalue weighted by molar-refractivity contribution is 6.31. The number of carbonyl (C=O) groups excluding carboxylic acids is 1. The monoisotopic (exact) mass is 292 g/mol. The lowest BCUT2D eigenvalue weighted by Crippen LogP contribution is -1.99. The highest BCUT2D eigenvalue weighted by atomic mass is 35.5. The molecular weight excluding hydrogens is 279 g/mol. The largest absolute Gasteiger partial charge is 0.489 e. The molecule has 0 amide bonds. The minimum Gasteiger partial charge on any atom is -0.489 e. The van der Waals surface area contributed by atoms with Crippen molar-refractivity contribution in [2.45, 2.75) is 20.0 Å². The van der Waals surface area contributed by atoms with E-state index in [4.69, 9.17) is 16.3 Å². The van der Waals surface area contributed by atoms with Crippen molar-refractivity contribution in [3.63, 3.8) is 0 Å². The van der Waals surface area contributed by atoms with Gasteiger partial charge in [-0.25, -0.2) is 4.39 Å². The smallest absolute Gasteiger partial charge is 0.162 e. The van der Waals surface area contributed by atoms with Gasteiger partial charge in [0.2, 0.25) is 0 Å². The Bertz CT molecular complexity index is 608. The molecule has 0 bridgehead atoms. The predicted molar refractivity (Wildman–Crippen MR) is 76.8 cm³/mol. The summed E-state index contributed by atoms with van der Waals surface area (Å²) in [5.41, 5.74) is 1.24. The van der Waals surface area contributed by atoms with Gasteiger partial charge in [-0.15, -0.1) is 0 Å². The summed E-state index contributed by atoms with van der Waals surface area (Å²) in [5, 5.41) is 0.0743. The summed E-state index contributed by atoms with van der Waals surface area (Å²) in [7, 11) is 0. The molecule has 0 heterocycles. The molecule has 4 heteroatoms. The van der Waals surface area contributed by atoms with E-state index in [1.807, 2.05) is 6.92 Å². The second-order valence-corrected chi connectivity index (χ2v) is 4.68. The number of halogens is 2. The van der Waals surface area contributed by atoms with Crippen molar-refractivity contribution in [2.24, 2.45) is 0 Å². The van der Waals surface area contributed by atoms with Crippen LogP contribution in [0.15, 0.2) is 42.5 Å². The molecule has 0 radical (unpaired) electrons. The number of ketones is 1. The standard InChI is InChI=1S/C16H14ClFO2/c1-2-15(19)11-6-8-13(9-7-11)20-10-12-4-3-5-14(18)16(12)17/h3-9H,2,10H2,1H3. The fraction of sp³-hybridized carbons (Fsp3) is 0.188. The van der Waals surface area contributed by atoms with Crippen LogP contribution in [-0.2, 0) is 6.61 Å². The minimum absolute atomic E-state index is 0.0743. The van der Waals surface area contributed by atoms with E-state index < -0.39 is 5.82 Å². The van der Waals surface area contributed by atoms with Crippen LogP contribution in [0, 0.1) is 5.82 Å². The van der Waals surface area contributed by atoms with Crippen LogP contribution in [0.2, 0.25) is 5.02 Å². The van der Waals surface area contributed by atoms with Crippen molar-refractivity contribution in [2.75, 3.05) is 0 Å². The number of hydrogen-bond acceptors (Lipinski definition) is 2. The predicted octanol–water partition coefficient (Wildman–Crippen LogP) is 4.65. The van der Waals surface area contributed by atoms with Crippen LogP contribution in [0.25, 0.3) is 0 Å². The van der Waals surface area contributed by atoms with E-state index in [-0.39, 0.29) is 17.4 Å². The molecule has 0 spiro atoms. The minimum atomic E-state index is -0.461. The average molecular weight is 293 g/mol. The van der Waals surface area contributed by atoms with Crippen LogP contribution >= 0.6 is 11.6 Å². The molecule has 0 atom stereocenters. The maximum atomic E-state index is 13.3. The summed E-state index contributed by atoms with van der Waals surface area (Å²) in [6.45, 7) is 2.00. The Morgan fingerprint density at radius 3 is 2.55 bits per heavy atom. The first-order valence-electron chi connectivity index (χ1n) is 6.30. The van der Waals surface area contributed by atoms with Gasteiger partial charge < -0.3 is 4.74 Å². The van der Waals surface area contributed by atoms with Gasteiger partial charge in [0.1, 0.15) is 18.2 Å². The van der Waals surface area contributed by atoms with Gasteiger partial charge in [-0.2, -0.15) is 0 Å². The molecule has 0 saturated heterocycles. The fourth-order valence-electron chi connectivity index (χ4n) is 1.76. The molecule has 2 aromatic rings. The Balaban J connectivity index is 2.04.